The largest absolute Gasteiger partial charge is 0.493 e. The maximum Gasteiger partial charge on any atom is 0.219 e. The fraction of sp³-hybridized carbons (Fsp3) is 0.533. The number of carbonyl (C=O) groups is 1. The van der Waals surface area contributed by atoms with E-state index in [1.165, 1.54) is 0 Å². The van der Waals surface area contributed by atoms with Crippen molar-refractivity contribution in [3.05, 3.63) is 22.7 Å². The van der Waals surface area contributed by atoms with Crippen LogP contribution in [0.1, 0.15) is 25.3 Å². The molecule has 0 atom stereocenters. The molecule has 21 heavy (non-hydrogen) atoms. The van der Waals surface area contributed by atoms with Crippen LogP contribution in [0.3, 0.4) is 0 Å². The third-order valence-electron chi connectivity index (χ3n) is 2.94. The molecule has 0 bridgehead atoms. The van der Waals surface area contributed by atoms with E-state index in [1.807, 2.05) is 19.1 Å². The summed E-state index contributed by atoms with van der Waals surface area (Å²) >= 11 is 6.25. The zero-order valence-corrected chi connectivity index (χ0v) is 13.5. The van der Waals surface area contributed by atoms with Crippen LogP contribution < -0.4 is 20.1 Å². The first-order chi connectivity index (χ1) is 10.1. The third-order valence-corrected chi connectivity index (χ3v) is 3.22. The second-order valence-electron chi connectivity index (χ2n) is 4.51. The van der Waals surface area contributed by atoms with Gasteiger partial charge in [-0.05, 0) is 30.7 Å². The van der Waals surface area contributed by atoms with Gasteiger partial charge in [-0.25, -0.2) is 0 Å². The van der Waals surface area contributed by atoms with Crippen LogP contribution in [0.5, 0.6) is 11.5 Å². The number of rotatable bonds is 9. The second-order valence-corrected chi connectivity index (χ2v) is 4.92. The van der Waals surface area contributed by atoms with Gasteiger partial charge in [0.2, 0.25) is 5.91 Å². The van der Waals surface area contributed by atoms with E-state index in [0.717, 1.165) is 18.7 Å². The Morgan fingerprint density at radius 3 is 2.76 bits per heavy atom. The number of nitrogens with one attached hydrogen (secondary N) is 2. The fourth-order valence-corrected chi connectivity index (χ4v) is 2.10. The molecule has 0 radical (unpaired) electrons. The Morgan fingerprint density at radius 1 is 1.38 bits per heavy atom. The number of amides is 1. The number of methoxy groups -OCH3 is 1. The van der Waals surface area contributed by atoms with Crippen LogP contribution >= 0.6 is 11.6 Å². The molecule has 2 N–H and O–H groups in total. The van der Waals surface area contributed by atoms with Gasteiger partial charge in [0.1, 0.15) is 0 Å². The maximum atomic E-state index is 11.1. The van der Waals surface area contributed by atoms with Crippen LogP contribution in [-0.2, 0) is 11.3 Å². The van der Waals surface area contributed by atoms with Crippen LogP contribution in [0, 0.1) is 0 Å². The Bertz CT molecular complexity index is 466. The zero-order valence-electron chi connectivity index (χ0n) is 12.8. The minimum atomic E-state index is -0.00218. The first kappa shape index (κ1) is 17.6. The second kappa shape index (κ2) is 9.47. The van der Waals surface area contributed by atoms with E-state index in [2.05, 4.69) is 10.6 Å². The minimum Gasteiger partial charge on any atom is -0.493 e. The number of halogens is 1. The van der Waals surface area contributed by atoms with Gasteiger partial charge in [-0.2, -0.15) is 0 Å². The van der Waals surface area contributed by atoms with Gasteiger partial charge in [0.15, 0.2) is 11.5 Å². The molecule has 0 spiro atoms. The molecule has 118 valence electrons. The molecular formula is C15H23ClN2O3. The Kier molecular flexibility index (Phi) is 7.93. The summed E-state index contributed by atoms with van der Waals surface area (Å²) in [5.41, 5.74) is 1.04. The molecule has 0 saturated carbocycles. The summed E-state index contributed by atoms with van der Waals surface area (Å²) < 4.78 is 11.0. The Morgan fingerprint density at radius 2 is 2.14 bits per heavy atom. The van der Waals surface area contributed by atoms with Gasteiger partial charge >= 0.3 is 0 Å². The summed E-state index contributed by atoms with van der Waals surface area (Å²) in [6.45, 7) is 4.07. The summed E-state index contributed by atoms with van der Waals surface area (Å²) in [6, 6.07) is 3.77. The molecule has 1 amide bonds. The Hall–Kier alpha value is -1.46. The van der Waals surface area contributed by atoms with Crippen LogP contribution in [0.25, 0.3) is 0 Å². The molecule has 0 aromatic heterocycles. The SMILES string of the molecule is CCNCc1cc(Cl)c(OCCCC(=O)NC)c(OC)c1. The van der Waals surface area contributed by atoms with Crippen LogP contribution in [0.2, 0.25) is 5.02 Å². The minimum absolute atomic E-state index is 0.00218. The number of ether oxygens (including phenoxy) is 2. The summed E-state index contributed by atoms with van der Waals surface area (Å²) in [5, 5.41) is 6.32. The van der Waals surface area contributed by atoms with Crippen LogP contribution in [0.4, 0.5) is 0 Å². The average Bonchev–Trinajstić information content (AvgIpc) is 2.49. The first-order valence-electron chi connectivity index (χ1n) is 7.02. The summed E-state index contributed by atoms with van der Waals surface area (Å²) in [6.07, 6.45) is 1.05. The van der Waals surface area contributed by atoms with Crippen molar-refractivity contribution in [3.63, 3.8) is 0 Å². The molecule has 0 unspecified atom stereocenters. The van der Waals surface area contributed by atoms with E-state index >= 15 is 0 Å². The normalized spacial score (nSPS) is 10.3. The summed E-state index contributed by atoms with van der Waals surface area (Å²) in [5.74, 6) is 1.13. The fourth-order valence-electron chi connectivity index (χ4n) is 1.82. The molecule has 0 aliphatic rings. The van der Waals surface area contributed by atoms with E-state index in [-0.39, 0.29) is 5.91 Å². The zero-order chi connectivity index (χ0) is 15.7. The van der Waals surface area contributed by atoms with E-state index in [1.54, 1.807) is 14.2 Å². The maximum absolute atomic E-state index is 11.1. The smallest absolute Gasteiger partial charge is 0.219 e. The third kappa shape index (κ3) is 5.81. The van der Waals surface area contributed by atoms with Crippen molar-refractivity contribution in [3.8, 4) is 11.5 Å². The first-order valence-corrected chi connectivity index (χ1v) is 7.40. The van der Waals surface area contributed by atoms with Crippen molar-refractivity contribution in [2.45, 2.75) is 26.3 Å². The number of carbonyl (C=O) groups excluding carboxylic acids is 1. The quantitative estimate of drug-likeness (QED) is 0.687. The summed E-state index contributed by atoms with van der Waals surface area (Å²) in [4.78, 5) is 11.1. The van der Waals surface area contributed by atoms with E-state index in [0.29, 0.717) is 36.0 Å². The standard InChI is InChI=1S/C15H23ClN2O3/c1-4-18-10-11-8-12(16)15(13(9-11)20-3)21-7-5-6-14(19)17-2/h8-9,18H,4-7,10H2,1-3H3,(H,17,19). The van der Waals surface area contributed by atoms with Crippen molar-refractivity contribution in [2.24, 2.45) is 0 Å². The Balaban J connectivity index is 2.66. The predicted octanol–water partition coefficient (Wildman–Crippen LogP) is 2.36. The van der Waals surface area contributed by atoms with Crippen molar-refractivity contribution in [2.75, 3.05) is 27.3 Å². The highest BCUT2D eigenvalue weighted by atomic mass is 35.5. The van der Waals surface area contributed by atoms with E-state index in [4.69, 9.17) is 21.1 Å². The molecule has 0 aliphatic carbocycles. The molecule has 5 nitrogen and oxygen atoms in total. The number of benzene rings is 1. The topological polar surface area (TPSA) is 59.6 Å². The lowest BCUT2D eigenvalue weighted by Gasteiger charge is -2.14. The molecule has 1 rings (SSSR count). The lowest BCUT2D eigenvalue weighted by atomic mass is 10.2. The molecular weight excluding hydrogens is 292 g/mol. The van der Waals surface area contributed by atoms with Crippen molar-refractivity contribution < 1.29 is 14.3 Å². The number of hydrogen-bond acceptors (Lipinski definition) is 4. The number of hydrogen-bond donors (Lipinski definition) is 2. The van der Waals surface area contributed by atoms with Gasteiger partial charge < -0.3 is 20.1 Å². The van der Waals surface area contributed by atoms with E-state index in [9.17, 15) is 4.79 Å². The van der Waals surface area contributed by atoms with Crippen molar-refractivity contribution >= 4 is 17.5 Å². The molecule has 0 aliphatic heterocycles. The van der Waals surface area contributed by atoms with Crippen molar-refractivity contribution in [1.29, 1.82) is 0 Å². The Labute approximate surface area is 131 Å². The molecule has 1 aromatic carbocycles. The van der Waals surface area contributed by atoms with Gasteiger partial charge in [-0.1, -0.05) is 18.5 Å². The molecule has 0 saturated heterocycles. The lowest BCUT2D eigenvalue weighted by molar-refractivity contribution is -0.120. The monoisotopic (exact) mass is 314 g/mol. The van der Waals surface area contributed by atoms with Crippen molar-refractivity contribution in [1.82, 2.24) is 10.6 Å². The van der Waals surface area contributed by atoms with Crippen LogP contribution in [0.15, 0.2) is 12.1 Å². The van der Waals surface area contributed by atoms with Gasteiger partial charge in [0.25, 0.3) is 0 Å². The highest BCUT2D eigenvalue weighted by Gasteiger charge is 2.12. The highest BCUT2D eigenvalue weighted by molar-refractivity contribution is 6.32. The van der Waals surface area contributed by atoms with E-state index < -0.39 is 0 Å². The van der Waals surface area contributed by atoms with Gasteiger partial charge in [-0.15, -0.1) is 0 Å². The molecule has 0 heterocycles. The summed E-state index contributed by atoms with van der Waals surface area (Å²) in [7, 11) is 3.20. The highest BCUT2D eigenvalue weighted by Crippen LogP contribution is 2.36. The van der Waals surface area contributed by atoms with Gasteiger partial charge in [0, 0.05) is 20.0 Å². The van der Waals surface area contributed by atoms with Crippen LogP contribution in [-0.4, -0.2) is 33.2 Å². The molecule has 0 fully saturated rings. The van der Waals surface area contributed by atoms with Gasteiger partial charge in [-0.3, -0.25) is 4.79 Å². The lowest BCUT2D eigenvalue weighted by Crippen LogP contribution is -2.18. The predicted molar refractivity (Wildman–Crippen MR) is 84.2 cm³/mol. The molecule has 1 aromatic rings. The molecule has 6 heteroatoms. The average molecular weight is 315 g/mol. The van der Waals surface area contributed by atoms with Gasteiger partial charge in [0.05, 0.1) is 18.7 Å².